The van der Waals surface area contributed by atoms with Gasteiger partial charge in [0.1, 0.15) is 11.6 Å². The molecule has 0 heterocycles. The fourth-order valence-electron chi connectivity index (χ4n) is 1.67. The Labute approximate surface area is 122 Å². The van der Waals surface area contributed by atoms with Crippen LogP contribution in [0.1, 0.15) is 5.56 Å². The molecule has 0 bridgehead atoms. The van der Waals surface area contributed by atoms with E-state index in [0.717, 1.165) is 6.07 Å². The lowest BCUT2D eigenvalue weighted by molar-refractivity contribution is -0.387. The molecule has 2 rings (SSSR count). The molecule has 0 aliphatic carbocycles. The van der Waals surface area contributed by atoms with Crippen molar-refractivity contribution in [1.82, 2.24) is 0 Å². The van der Waals surface area contributed by atoms with Gasteiger partial charge in [-0.25, -0.2) is 4.39 Å². The van der Waals surface area contributed by atoms with Crippen LogP contribution in [-0.4, -0.2) is 10.0 Å². The van der Waals surface area contributed by atoms with Gasteiger partial charge in [-0.15, -0.1) is 0 Å². The van der Waals surface area contributed by atoms with Gasteiger partial charge in [-0.3, -0.25) is 10.1 Å². The first kappa shape index (κ1) is 15.0. The zero-order valence-corrected chi connectivity index (χ0v) is 11.2. The molecule has 0 atom stereocenters. The first-order chi connectivity index (χ1) is 9.88. The highest BCUT2D eigenvalue weighted by atomic mass is 35.5. The standard InChI is InChI=1S/C13H9ClF2N2O3/c14-9-4-8(1-2-13(9)19)17-6-7-3-12(18(20)21)11(16)5-10(7)15/h1-5,17,19H,6H2. The Bertz CT molecular complexity index is 710. The Balaban J connectivity index is 2.21. The molecule has 2 aromatic carbocycles. The quantitative estimate of drug-likeness (QED) is 0.510. The van der Waals surface area contributed by atoms with Crippen LogP contribution in [-0.2, 0) is 6.54 Å². The van der Waals surface area contributed by atoms with E-state index in [-0.39, 0.29) is 22.9 Å². The molecule has 0 aliphatic heterocycles. The summed E-state index contributed by atoms with van der Waals surface area (Å²) < 4.78 is 26.8. The van der Waals surface area contributed by atoms with Gasteiger partial charge in [0.2, 0.25) is 5.82 Å². The number of nitrogens with zero attached hydrogens (tertiary/aromatic N) is 1. The summed E-state index contributed by atoms with van der Waals surface area (Å²) >= 11 is 5.71. The fourth-order valence-corrected chi connectivity index (χ4v) is 1.85. The first-order valence-corrected chi connectivity index (χ1v) is 6.11. The molecule has 0 amide bonds. The lowest BCUT2D eigenvalue weighted by Crippen LogP contribution is -2.04. The number of nitrogens with one attached hydrogen (secondary N) is 1. The van der Waals surface area contributed by atoms with Crippen molar-refractivity contribution in [2.24, 2.45) is 0 Å². The minimum absolute atomic E-state index is 0.0627. The molecular formula is C13H9ClF2N2O3. The Kier molecular flexibility index (Phi) is 4.23. The lowest BCUT2D eigenvalue weighted by atomic mass is 10.1. The third-order valence-electron chi connectivity index (χ3n) is 2.74. The van der Waals surface area contributed by atoms with Crippen molar-refractivity contribution >= 4 is 23.0 Å². The van der Waals surface area contributed by atoms with Gasteiger partial charge < -0.3 is 10.4 Å². The van der Waals surface area contributed by atoms with E-state index in [4.69, 9.17) is 11.6 Å². The van der Waals surface area contributed by atoms with Crippen LogP contribution in [0.25, 0.3) is 0 Å². The molecule has 0 spiro atoms. The molecule has 0 aliphatic rings. The summed E-state index contributed by atoms with van der Waals surface area (Å²) in [5.41, 5.74) is -0.381. The Morgan fingerprint density at radius 3 is 2.57 bits per heavy atom. The zero-order valence-electron chi connectivity index (χ0n) is 10.4. The number of anilines is 1. The van der Waals surface area contributed by atoms with Gasteiger partial charge in [-0.05, 0) is 18.2 Å². The number of phenolic OH excluding ortho intramolecular Hbond substituents is 1. The maximum absolute atomic E-state index is 13.6. The SMILES string of the molecule is O=[N+]([O-])c1cc(CNc2ccc(O)c(Cl)c2)c(F)cc1F. The van der Waals surface area contributed by atoms with Gasteiger partial charge in [0, 0.05) is 29.9 Å². The molecule has 0 saturated heterocycles. The fraction of sp³-hybridized carbons (Fsp3) is 0.0769. The Morgan fingerprint density at radius 2 is 1.95 bits per heavy atom. The van der Waals surface area contributed by atoms with E-state index in [1.807, 2.05) is 0 Å². The number of nitro groups is 1. The van der Waals surface area contributed by atoms with Crippen molar-refractivity contribution in [3.63, 3.8) is 0 Å². The molecule has 8 heteroatoms. The van der Waals surface area contributed by atoms with Crippen molar-refractivity contribution < 1.29 is 18.8 Å². The van der Waals surface area contributed by atoms with Crippen LogP contribution >= 0.6 is 11.6 Å². The molecule has 2 N–H and O–H groups in total. The van der Waals surface area contributed by atoms with Crippen molar-refractivity contribution in [3.8, 4) is 5.75 Å². The first-order valence-electron chi connectivity index (χ1n) is 5.73. The summed E-state index contributed by atoms with van der Waals surface area (Å²) in [6.07, 6.45) is 0. The second-order valence-electron chi connectivity index (χ2n) is 4.17. The number of nitro benzene ring substituents is 1. The van der Waals surface area contributed by atoms with Gasteiger partial charge >= 0.3 is 5.69 Å². The summed E-state index contributed by atoms with van der Waals surface area (Å²) in [7, 11) is 0. The second-order valence-corrected chi connectivity index (χ2v) is 4.58. The summed E-state index contributed by atoms with van der Waals surface area (Å²) in [5, 5.41) is 22.8. The largest absolute Gasteiger partial charge is 0.506 e. The number of hydrogen-bond acceptors (Lipinski definition) is 4. The zero-order chi connectivity index (χ0) is 15.6. The van der Waals surface area contributed by atoms with E-state index in [2.05, 4.69) is 5.32 Å². The summed E-state index contributed by atoms with van der Waals surface area (Å²) in [4.78, 5) is 9.70. The molecule has 0 saturated carbocycles. The van der Waals surface area contributed by atoms with Crippen LogP contribution in [0, 0.1) is 21.7 Å². The minimum atomic E-state index is -1.23. The molecule has 0 aromatic heterocycles. The maximum atomic E-state index is 13.6. The van der Waals surface area contributed by atoms with Gasteiger partial charge in [0.15, 0.2) is 0 Å². The number of phenols is 1. The third kappa shape index (κ3) is 3.38. The van der Waals surface area contributed by atoms with Crippen LogP contribution in [0.4, 0.5) is 20.2 Å². The van der Waals surface area contributed by atoms with E-state index in [9.17, 15) is 24.0 Å². The summed E-state index contributed by atoms with van der Waals surface area (Å²) in [6, 6.07) is 5.55. The topological polar surface area (TPSA) is 75.4 Å². The average Bonchev–Trinajstić information content (AvgIpc) is 2.41. The predicted molar refractivity (Wildman–Crippen MR) is 73.5 cm³/mol. The van der Waals surface area contributed by atoms with E-state index >= 15 is 0 Å². The molecule has 0 radical (unpaired) electrons. The number of hydrogen-bond donors (Lipinski definition) is 2. The molecule has 110 valence electrons. The van der Waals surface area contributed by atoms with E-state index in [1.54, 1.807) is 0 Å². The van der Waals surface area contributed by atoms with Crippen LogP contribution in [0.2, 0.25) is 5.02 Å². The Morgan fingerprint density at radius 1 is 1.24 bits per heavy atom. The molecule has 21 heavy (non-hydrogen) atoms. The van der Waals surface area contributed by atoms with Crippen molar-refractivity contribution in [2.45, 2.75) is 6.54 Å². The monoisotopic (exact) mass is 314 g/mol. The molecule has 2 aromatic rings. The lowest BCUT2D eigenvalue weighted by Gasteiger charge is -2.08. The van der Waals surface area contributed by atoms with E-state index in [1.165, 1.54) is 18.2 Å². The van der Waals surface area contributed by atoms with Crippen molar-refractivity contribution in [2.75, 3.05) is 5.32 Å². The smallest absolute Gasteiger partial charge is 0.305 e. The molecule has 0 unspecified atom stereocenters. The van der Waals surface area contributed by atoms with Gasteiger partial charge in [-0.1, -0.05) is 11.6 Å². The van der Waals surface area contributed by atoms with Crippen LogP contribution < -0.4 is 5.32 Å². The van der Waals surface area contributed by atoms with Crippen molar-refractivity contribution in [3.05, 3.63) is 62.7 Å². The summed E-state index contributed by atoms with van der Waals surface area (Å²) in [5.74, 6) is -2.23. The van der Waals surface area contributed by atoms with Gasteiger partial charge in [-0.2, -0.15) is 4.39 Å². The normalized spacial score (nSPS) is 10.4. The highest BCUT2D eigenvalue weighted by Gasteiger charge is 2.18. The number of aromatic hydroxyl groups is 1. The molecule has 5 nitrogen and oxygen atoms in total. The van der Waals surface area contributed by atoms with Crippen LogP contribution in [0.15, 0.2) is 30.3 Å². The van der Waals surface area contributed by atoms with Crippen LogP contribution in [0.3, 0.4) is 0 Å². The molecule has 0 fully saturated rings. The van der Waals surface area contributed by atoms with Crippen molar-refractivity contribution in [1.29, 1.82) is 0 Å². The highest BCUT2D eigenvalue weighted by molar-refractivity contribution is 6.32. The van der Waals surface area contributed by atoms with Crippen LogP contribution in [0.5, 0.6) is 5.75 Å². The maximum Gasteiger partial charge on any atom is 0.305 e. The van der Waals surface area contributed by atoms with E-state index < -0.39 is 22.2 Å². The third-order valence-corrected chi connectivity index (χ3v) is 3.05. The minimum Gasteiger partial charge on any atom is -0.506 e. The van der Waals surface area contributed by atoms with Gasteiger partial charge in [0.05, 0.1) is 9.95 Å². The summed E-state index contributed by atoms with van der Waals surface area (Å²) in [6.45, 7) is -0.103. The second kappa shape index (κ2) is 5.92. The Hall–Kier alpha value is -2.41. The van der Waals surface area contributed by atoms with E-state index in [0.29, 0.717) is 11.8 Å². The average molecular weight is 315 g/mol. The van der Waals surface area contributed by atoms with Gasteiger partial charge in [0.25, 0.3) is 0 Å². The molecular weight excluding hydrogens is 306 g/mol. The highest BCUT2D eigenvalue weighted by Crippen LogP contribution is 2.27. The number of rotatable bonds is 4. The predicted octanol–water partition coefficient (Wildman–Crippen LogP) is 3.84. The number of halogens is 3. The number of benzene rings is 2.